The van der Waals surface area contributed by atoms with Crippen molar-refractivity contribution in [3.05, 3.63) is 90.5 Å². The number of aliphatic hydroxyl groups is 2. The molecule has 0 saturated carbocycles. The lowest BCUT2D eigenvalue weighted by atomic mass is 10.0. The number of β-amino-alcohol motifs (C(OH)–C–C–N with tert-alkyl or cyclic N) is 1. The van der Waals surface area contributed by atoms with Crippen LogP contribution in [0.15, 0.2) is 84.9 Å². The fourth-order valence-electron chi connectivity index (χ4n) is 5.09. The Hall–Kier alpha value is -3.23. The molecule has 7 heteroatoms. The van der Waals surface area contributed by atoms with Crippen LogP contribution in [-0.2, 0) is 6.54 Å². The Morgan fingerprint density at radius 2 is 1.61 bits per heavy atom. The average Bonchev–Trinajstić information content (AvgIpc) is 2.94. The maximum Gasteiger partial charge on any atom is 0.319 e. The fourth-order valence-corrected chi connectivity index (χ4v) is 5.09. The van der Waals surface area contributed by atoms with Crippen LogP contribution in [0, 0.1) is 0 Å². The first kappa shape index (κ1) is 27.8. The molecule has 0 spiro atoms. The third-order valence-electron chi connectivity index (χ3n) is 7.00. The first-order valence-corrected chi connectivity index (χ1v) is 13.6. The molecule has 0 aliphatic carbocycles. The minimum Gasteiger partial charge on any atom is -0.396 e. The van der Waals surface area contributed by atoms with Crippen molar-refractivity contribution >= 4 is 11.7 Å². The fraction of sp³-hybridized carbons (Fsp3) is 0.387. The number of anilines is 1. The number of hydrogen-bond donors (Lipinski definition) is 4. The van der Waals surface area contributed by atoms with Crippen molar-refractivity contribution in [1.29, 1.82) is 0 Å². The van der Waals surface area contributed by atoms with E-state index in [4.69, 9.17) is 0 Å². The second kappa shape index (κ2) is 14.6. The highest BCUT2D eigenvalue weighted by molar-refractivity contribution is 5.94. The van der Waals surface area contributed by atoms with Gasteiger partial charge in [0.2, 0.25) is 0 Å². The molecule has 3 aromatic carbocycles. The summed E-state index contributed by atoms with van der Waals surface area (Å²) in [4.78, 5) is 17.3. The topological polar surface area (TPSA) is 88.1 Å². The van der Waals surface area contributed by atoms with Crippen molar-refractivity contribution in [2.75, 3.05) is 44.6 Å². The maximum atomic E-state index is 12.8. The van der Waals surface area contributed by atoms with Crippen molar-refractivity contribution < 1.29 is 15.0 Å². The molecule has 4 rings (SSSR count). The third-order valence-corrected chi connectivity index (χ3v) is 7.00. The summed E-state index contributed by atoms with van der Waals surface area (Å²) < 4.78 is 0. The summed E-state index contributed by atoms with van der Waals surface area (Å²) in [6, 6.07) is 28.0. The Balaban J connectivity index is 1.22. The van der Waals surface area contributed by atoms with E-state index in [1.54, 1.807) is 0 Å². The number of nitrogens with zero attached hydrogens (tertiary/aromatic N) is 2. The molecule has 2 amide bonds. The predicted molar refractivity (Wildman–Crippen MR) is 153 cm³/mol. The van der Waals surface area contributed by atoms with Crippen LogP contribution in [0.5, 0.6) is 0 Å². The Kier molecular flexibility index (Phi) is 10.7. The van der Waals surface area contributed by atoms with Gasteiger partial charge in [-0.25, -0.2) is 4.79 Å². The molecule has 0 aromatic heterocycles. The molecule has 7 nitrogen and oxygen atoms in total. The molecule has 1 aliphatic rings. The lowest BCUT2D eigenvalue weighted by Crippen LogP contribution is -2.48. The van der Waals surface area contributed by atoms with Gasteiger partial charge < -0.3 is 25.7 Å². The maximum absolute atomic E-state index is 12.8. The van der Waals surface area contributed by atoms with Gasteiger partial charge in [0, 0.05) is 57.5 Å². The Morgan fingerprint density at radius 3 is 2.32 bits per heavy atom. The van der Waals surface area contributed by atoms with E-state index >= 15 is 0 Å². The van der Waals surface area contributed by atoms with Crippen LogP contribution in [0.4, 0.5) is 10.5 Å². The number of para-hydroxylation sites is 1. The molecule has 1 heterocycles. The Labute approximate surface area is 226 Å². The van der Waals surface area contributed by atoms with Gasteiger partial charge in [-0.3, -0.25) is 4.90 Å². The van der Waals surface area contributed by atoms with Crippen molar-refractivity contribution in [3.63, 3.8) is 0 Å². The van der Waals surface area contributed by atoms with Gasteiger partial charge in [0.25, 0.3) is 0 Å². The van der Waals surface area contributed by atoms with Gasteiger partial charge in [0.15, 0.2) is 0 Å². The van der Waals surface area contributed by atoms with E-state index in [-0.39, 0.29) is 18.7 Å². The van der Waals surface area contributed by atoms with Crippen LogP contribution in [-0.4, -0.2) is 77.5 Å². The third kappa shape index (κ3) is 8.67. The number of likely N-dealkylation sites (tertiary alicyclic amines) is 1. The minimum absolute atomic E-state index is 0.103. The zero-order valence-corrected chi connectivity index (χ0v) is 22.0. The van der Waals surface area contributed by atoms with Crippen LogP contribution in [0.3, 0.4) is 0 Å². The van der Waals surface area contributed by atoms with Crippen molar-refractivity contribution in [3.8, 4) is 11.1 Å². The highest BCUT2D eigenvalue weighted by Gasteiger charge is 2.23. The number of urea groups is 1. The molecule has 0 radical (unpaired) electrons. The summed E-state index contributed by atoms with van der Waals surface area (Å²) >= 11 is 0. The number of hydrogen-bond acceptors (Lipinski definition) is 5. The van der Waals surface area contributed by atoms with E-state index in [0.29, 0.717) is 19.5 Å². The molecule has 1 atom stereocenters. The van der Waals surface area contributed by atoms with Gasteiger partial charge in [0.05, 0.1) is 11.8 Å². The SMILES string of the molecule is O=C(Nc1ccccc1-c1ccccc1)NC1CCN(CC(O)CN(CCCO)Cc2ccccc2)CC1. The van der Waals surface area contributed by atoms with Crippen LogP contribution in [0.1, 0.15) is 24.8 Å². The standard InChI is InChI=1S/C31H40N4O3/c36-21-9-18-35(22-25-10-3-1-4-11-25)24-28(37)23-34-19-16-27(17-20-34)32-31(38)33-30-15-8-7-14-29(30)26-12-5-2-6-13-26/h1-8,10-15,27-28,36-37H,9,16-24H2,(H2,32,33,38). The van der Waals surface area contributed by atoms with Crippen LogP contribution in [0.25, 0.3) is 11.1 Å². The molecule has 1 aliphatic heterocycles. The lowest BCUT2D eigenvalue weighted by Gasteiger charge is -2.34. The number of aliphatic hydroxyl groups excluding tert-OH is 2. The monoisotopic (exact) mass is 516 g/mol. The zero-order chi connectivity index (χ0) is 26.6. The number of carbonyl (C=O) groups is 1. The van der Waals surface area contributed by atoms with E-state index in [1.165, 1.54) is 5.56 Å². The minimum atomic E-state index is -0.472. The molecule has 1 saturated heterocycles. The summed E-state index contributed by atoms with van der Waals surface area (Å²) in [5.41, 5.74) is 4.05. The number of carbonyl (C=O) groups excluding carboxylic acids is 1. The summed E-state index contributed by atoms with van der Waals surface area (Å²) in [6.07, 6.45) is 1.91. The van der Waals surface area contributed by atoms with E-state index in [0.717, 1.165) is 55.8 Å². The quantitative estimate of drug-likeness (QED) is 0.290. The molecular formula is C31H40N4O3. The van der Waals surface area contributed by atoms with Gasteiger partial charge in [-0.15, -0.1) is 0 Å². The van der Waals surface area contributed by atoms with Gasteiger partial charge >= 0.3 is 6.03 Å². The molecule has 38 heavy (non-hydrogen) atoms. The summed E-state index contributed by atoms with van der Waals surface area (Å²) in [5.74, 6) is 0. The second-order valence-electron chi connectivity index (χ2n) is 10.0. The van der Waals surface area contributed by atoms with Crippen molar-refractivity contribution in [2.24, 2.45) is 0 Å². The van der Waals surface area contributed by atoms with Gasteiger partial charge in [-0.2, -0.15) is 0 Å². The van der Waals surface area contributed by atoms with E-state index < -0.39 is 6.10 Å². The van der Waals surface area contributed by atoms with Crippen molar-refractivity contribution in [1.82, 2.24) is 15.1 Å². The largest absolute Gasteiger partial charge is 0.396 e. The van der Waals surface area contributed by atoms with E-state index in [1.807, 2.05) is 72.8 Å². The van der Waals surface area contributed by atoms with Crippen LogP contribution < -0.4 is 10.6 Å². The zero-order valence-electron chi connectivity index (χ0n) is 22.0. The first-order valence-electron chi connectivity index (χ1n) is 13.6. The van der Waals surface area contributed by atoms with Gasteiger partial charge in [-0.1, -0.05) is 78.9 Å². The van der Waals surface area contributed by atoms with E-state index in [2.05, 4.69) is 32.6 Å². The number of piperidine rings is 1. The molecule has 202 valence electrons. The number of benzene rings is 3. The summed E-state index contributed by atoms with van der Waals surface area (Å²) in [6.45, 7) is 4.48. The molecule has 1 unspecified atom stereocenters. The normalized spacial score (nSPS) is 15.3. The van der Waals surface area contributed by atoms with Crippen molar-refractivity contribution in [2.45, 2.75) is 38.0 Å². The molecule has 0 bridgehead atoms. The number of rotatable bonds is 12. The van der Waals surface area contributed by atoms with Crippen LogP contribution >= 0.6 is 0 Å². The first-order chi connectivity index (χ1) is 18.6. The highest BCUT2D eigenvalue weighted by Crippen LogP contribution is 2.27. The molecular weight excluding hydrogens is 476 g/mol. The number of nitrogens with one attached hydrogen (secondary N) is 2. The van der Waals surface area contributed by atoms with Gasteiger partial charge in [0.1, 0.15) is 0 Å². The average molecular weight is 517 g/mol. The lowest BCUT2D eigenvalue weighted by molar-refractivity contribution is 0.0592. The second-order valence-corrected chi connectivity index (χ2v) is 10.0. The predicted octanol–water partition coefficient (Wildman–Crippen LogP) is 4.19. The number of amides is 2. The smallest absolute Gasteiger partial charge is 0.319 e. The van der Waals surface area contributed by atoms with Crippen LogP contribution in [0.2, 0.25) is 0 Å². The molecule has 3 aromatic rings. The molecule has 4 N–H and O–H groups in total. The highest BCUT2D eigenvalue weighted by atomic mass is 16.3. The summed E-state index contributed by atoms with van der Waals surface area (Å²) in [7, 11) is 0. The Morgan fingerprint density at radius 1 is 0.947 bits per heavy atom. The molecule has 1 fully saturated rings. The summed E-state index contributed by atoms with van der Waals surface area (Å²) in [5, 5.41) is 26.3. The van der Waals surface area contributed by atoms with E-state index in [9.17, 15) is 15.0 Å². The van der Waals surface area contributed by atoms with Gasteiger partial charge in [-0.05, 0) is 36.5 Å². The Bertz CT molecular complexity index is 1100.